The quantitative estimate of drug-likeness (QED) is 0.0786. The molecule has 0 aromatic heterocycles. The van der Waals surface area contributed by atoms with Crippen LogP contribution in [0.4, 0.5) is 0 Å². The molecule has 318 valence electrons. The zero-order valence-electron chi connectivity index (χ0n) is 30.7. The van der Waals surface area contributed by atoms with Crippen molar-refractivity contribution in [1.82, 2.24) is 0 Å². The van der Waals surface area contributed by atoms with Gasteiger partial charge in [-0.3, -0.25) is 0 Å². The number of hydrogen-bond acceptors (Lipinski definition) is 19. The summed E-state index contributed by atoms with van der Waals surface area (Å²) >= 11 is 0. The summed E-state index contributed by atoms with van der Waals surface area (Å²) in [5.74, 6) is -6.06. The molecule has 0 spiro atoms. The van der Waals surface area contributed by atoms with Gasteiger partial charge in [0.15, 0.2) is 23.0 Å². The van der Waals surface area contributed by atoms with E-state index in [1.165, 1.54) is 60.7 Å². The highest BCUT2D eigenvalue weighted by atomic mass is 16.7. The Morgan fingerprint density at radius 3 is 1.56 bits per heavy atom. The first kappa shape index (κ1) is 43.2. The van der Waals surface area contributed by atoms with E-state index in [0.29, 0.717) is 5.56 Å². The standard InChI is InChI=1S/C40H44O19/c41-14-26-31(50)33(52)35(54)39(56-26)58-37-21(10-3-16-1-6-18(43)7-2-16)29(23(46)13-25(37)48)28(17-4-8-19(44)9-5-17)30(49)22-11-20(45)12-24(47)38(22)59-40-36(55)34(53)32(51)27(15-42)57-40/h1-13,26-28,30-36,39-55H,14-15H2/b10-3+/t26-,27-,28-,30-,31-,32-,33+,34+,35-,36-,39+,40+/m1/s1. The molecule has 2 aliphatic heterocycles. The molecule has 0 unspecified atom stereocenters. The van der Waals surface area contributed by atoms with E-state index in [2.05, 4.69) is 0 Å². The lowest BCUT2D eigenvalue weighted by molar-refractivity contribution is -0.277. The Morgan fingerprint density at radius 2 is 1.03 bits per heavy atom. The third-order valence-electron chi connectivity index (χ3n) is 10.1. The van der Waals surface area contributed by atoms with Crippen molar-refractivity contribution >= 4 is 12.2 Å². The minimum absolute atomic E-state index is 0.0731. The van der Waals surface area contributed by atoms with Gasteiger partial charge >= 0.3 is 0 Å². The number of aliphatic hydroxyl groups excluding tert-OH is 9. The summed E-state index contributed by atoms with van der Waals surface area (Å²) < 4.78 is 22.7. The third kappa shape index (κ3) is 8.81. The van der Waals surface area contributed by atoms with Crippen LogP contribution in [0, 0.1) is 0 Å². The van der Waals surface area contributed by atoms with Gasteiger partial charge < -0.3 is 95.5 Å². The van der Waals surface area contributed by atoms with E-state index in [4.69, 9.17) is 18.9 Å². The van der Waals surface area contributed by atoms with Gasteiger partial charge in [0.05, 0.1) is 19.3 Å². The van der Waals surface area contributed by atoms with Crippen molar-refractivity contribution < 1.29 is 95.5 Å². The Morgan fingerprint density at radius 1 is 0.542 bits per heavy atom. The van der Waals surface area contributed by atoms with Gasteiger partial charge in [0.25, 0.3) is 0 Å². The van der Waals surface area contributed by atoms with Crippen molar-refractivity contribution in [3.63, 3.8) is 0 Å². The molecule has 2 heterocycles. The number of aliphatic hydroxyl groups is 9. The average molecular weight is 829 g/mol. The summed E-state index contributed by atoms with van der Waals surface area (Å²) in [5, 5.41) is 160. The first-order valence-electron chi connectivity index (χ1n) is 18.1. The topological polar surface area (TPSA) is 340 Å². The minimum Gasteiger partial charge on any atom is -0.508 e. The SMILES string of the molecule is OC[C@H]1O[C@@H](Oc2c(O)cc(O)cc2[C@@H](O)[C@H](c2ccc(O)cc2)c2c(O)cc(O)c(O[C@@H]3O[C@H](CO)[C@@H](O)[C@H](O)[C@H]3O)c2/C=C/c2ccc(O)cc2)[C@H](O)[C@@H](O)[C@@H]1O. The average Bonchev–Trinajstić information content (AvgIpc) is 3.21. The summed E-state index contributed by atoms with van der Waals surface area (Å²) in [6.45, 7) is -1.66. The molecule has 2 saturated heterocycles. The fraction of sp³-hybridized carbons (Fsp3) is 0.350. The summed E-state index contributed by atoms with van der Waals surface area (Å²) in [6, 6.07) is 13.4. The van der Waals surface area contributed by atoms with Crippen molar-refractivity contribution in [2.24, 2.45) is 0 Å². The van der Waals surface area contributed by atoms with Crippen molar-refractivity contribution in [2.75, 3.05) is 13.2 Å². The monoisotopic (exact) mass is 828 g/mol. The van der Waals surface area contributed by atoms with E-state index in [0.717, 1.165) is 18.2 Å². The van der Waals surface area contributed by atoms with Gasteiger partial charge in [-0.25, -0.2) is 0 Å². The number of aromatic hydroxyl groups is 6. The summed E-state index contributed by atoms with van der Waals surface area (Å²) in [7, 11) is 0. The molecule has 0 radical (unpaired) electrons. The number of ether oxygens (including phenoxy) is 4. The molecule has 4 aromatic rings. The summed E-state index contributed by atoms with van der Waals surface area (Å²) in [6.07, 6.45) is -17.3. The second-order valence-corrected chi connectivity index (χ2v) is 14.0. The predicted octanol–water partition coefficient (Wildman–Crippen LogP) is -0.687. The Hall–Kier alpha value is -5.42. The van der Waals surface area contributed by atoms with Crippen LogP contribution in [-0.2, 0) is 9.47 Å². The third-order valence-corrected chi connectivity index (χ3v) is 10.1. The molecule has 15 N–H and O–H groups in total. The van der Waals surface area contributed by atoms with Gasteiger partial charge in [0.1, 0.15) is 71.8 Å². The first-order chi connectivity index (χ1) is 28.0. The zero-order chi connectivity index (χ0) is 42.9. The fourth-order valence-electron chi connectivity index (χ4n) is 6.95. The number of rotatable bonds is 12. The molecule has 12 atom stereocenters. The number of hydrogen-bond donors (Lipinski definition) is 15. The van der Waals surface area contributed by atoms with Gasteiger partial charge in [-0.2, -0.15) is 0 Å². The second kappa shape index (κ2) is 17.8. The van der Waals surface area contributed by atoms with Crippen LogP contribution in [0.25, 0.3) is 12.2 Å². The maximum atomic E-state index is 12.5. The van der Waals surface area contributed by atoms with Crippen LogP contribution in [0.1, 0.15) is 39.8 Å². The van der Waals surface area contributed by atoms with E-state index < -0.39 is 127 Å². The number of phenols is 6. The molecule has 0 aliphatic carbocycles. The molecule has 19 heteroatoms. The van der Waals surface area contributed by atoms with Crippen molar-refractivity contribution in [2.45, 2.75) is 73.4 Å². The van der Waals surface area contributed by atoms with Gasteiger partial charge in [-0.15, -0.1) is 0 Å². The van der Waals surface area contributed by atoms with Gasteiger partial charge in [-0.1, -0.05) is 36.4 Å². The van der Waals surface area contributed by atoms with Gasteiger partial charge in [0.2, 0.25) is 12.6 Å². The zero-order valence-corrected chi connectivity index (χ0v) is 30.7. The molecular weight excluding hydrogens is 784 g/mol. The van der Waals surface area contributed by atoms with Crippen LogP contribution < -0.4 is 9.47 Å². The minimum atomic E-state index is -2.05. The highest BCUT2D eigenvalue weighted by Gasteiger charge is 2.47. The van der Waals surface area contributed by atoms with Crippen LogP contribution in [0.3, 0.4) is 0 Å². The van der Waals surface area contributed by atoms with Crippen molar-refractivity contribution in [3.8, 4) is 46.0 Å². The van der Waals surface area contributed by atoms with E-state index in [-0.39, 0.29) is 28.2 Å². The Kier molecular flexibility index (Phi) is 13.0. The molecule has 4 aromatic carbocycles. The molecule has 2 aliphatic rings. The van der Waals surface area contributed by atoms with Crippen LogP contribution >= 0.6 is 0 Å². The van der Waals surface area contributed by atoms with Crippen LogP contribution in [0.2, 0.25) is 0 Å². The molecule has 0 saturated carbocycles. The maximum Gasteiger partial charge on any atom is 0.229 e. The van der Waals surface area contributed by atoms with E-state index in [9.17, 15) is 76.6 Å². The lowest BCUT2D eigenvalue weighted by atomic mass is 9.80. The molecule has 0 amide bonds. The van der Waals surface area contributed by atoms with Gasteiger partial charge in [0, 0.05) is 34.7 Å². The van der Waals surface area contributed by atoms with Gasteiger partial charge in [-0.05, 0) is 41.5 Å². The van der Waals surface area contributed by atoms with Crippen molar-refractivity contribution in [1.29, 1.82) is 0 Å². The lowest BCUT2D eigenvalue weighted by Gasteiger charge is -2.40. The molecular formula is C40H44O19. The highest BCUT2D eigenvalue weighted by Crippen LogP contribution is 2.52. The normalized spacial score (nSPS) is 28.3. The highest BCUT2D eigenvalue weighted by molar-refractivity contribution is 5.79. The summed E-state index contributed by atoms with van der Waals surface area (Å²) in [5.41, 5.74) is -0.432. The van der Waals surface area contributed by atoms with Crippen molar-refractivity contribution in [3.05, 3.63) is 94.5 Å². The molecule has 59 heavy (non-hydrogen) atoms. The van der Waals surface area contributed by atoms with Crippen LogP contribution in [-0.4, -0.2) is 151 Å². The lowest BCUT2D eigenvalue weighted by Crippen LogP contribution is -2.60. The Bertz CT molecular complexity index is 2090. The van der Waals surface area contributed by atoms with E-state index in [1.54, 1.807) is 0 Å². The molecule has 19 nitrogen and oxygen atoms in total. The number of benzene rings is 4. The van der Waals surface area contributed by atoms with Crippen LogP contribution in [0.5, 0.6) is 46.0 Å². The van der Waals surface area contributed by atoms with E-state index >= 15 is 0 Å². The molecule has 0 bridgehead atoms. The van der Waals surface area contributed by atoms with E-state index in [1.807, 2.05) is 0 Å². The largest absolute Gasteiger partial charge is 0.508 e. The maximum absolute atomic E-state index is 12.5. The molecule has 6 rings (SSSR count). The van der Waals surface area contributed by atoms with Crippen LogP contribution in [0.15, 0.2) is 66.7 Å². The summed E-state index contributed by atoms with van der Waals surface area (Å²) in [4.78, 5) is 0. The Labute approximate surface area is 334 Å². The fourth-order valence-corrected chi connectivity index (χ4v) is 6.95. The first-order valence-corrected chi connectivity index (χ1v) is 18.1. The predicted molar refractivity (Wildman–Crippen MR) is 200 cm³/mol. The number of phenolic OH excluding ortho intramolecular Hbond substituents is 6. The second-order valence-electron chi connectivity index (χ2n) is 14.0. The Balaban J connectivity index is 1.56. The smallest absolute Gasteiger partial charge is 0.229 e. The molecule has 2 fully saturated rings.